The van der Waals surface area contributed by atoms with Gasteiger partial charge in [0.1, 0.15) is 0 Å². The molecule has 2 rings (SSSR count). The van der Waals surface area contributed by atoms with Gasteiger partial charge in [0.05, 0.1) is 6.10 Å². The van der Waals surface area contributed by atoms with Crippen molar-refractivity contribution in [2.24, 2.45) is 10.9 Å². The number of hydrogen-bond acceptors (Lipinski definition) is 3. The molecule has 140 valence electrons. The lowest BCUT2D eigenvalue weighted by Crippen LogP contribution is -2.45. The average molecular weight is 364 g/mol. The molecule has 25 heavy (non-hydrogen) atoms. The predicted molar refractivity (Wildman–Crippen MR) is 110 cm³/mol. The van der Waals surface area contributed by atoms with Crippen LogP contribution < -0.4 is 10.6 Å². The number of nitrogens with zero attached hydrogens (tertiary/aromatic N) is 1. The summed E-state index contributed by atoms with van der Waals surface area (Å²) in [6, 6.07) is 8.74. The summed E-state index contributed by atoms with van der Waals surface area (Å²) < 4.78 is 6.30. The number of guanidine groups is 1. The molecule has 0 radical (unpaired) electrons. The van der Waals surface area contributed by atoms with Crippen LogP contribution in [0.25, 0.3) is 0 Å². The maximum atomic E-state index is 6.11. The second-order valence-electron chi connectivity index (χ2n) is 7.37. The summed E-state index contributed by atoms with van der Waals surface area (Å²) in [5.41, 5.74) is 2.57. The van der Waals surface area contributed by atoms with E-state index in [0.29, 0.717) is 5.92 Å². The van der Waals surface area contributed by atoms with Crippen LogP contribution in [0.2, 0.25) is 0 Å². The van der Waals surface area contributed by atoms with Crippen molar-refractivity contribution in [2.75, 3.05) is 33.0 Å². The maximum absolute atomic E-state index is 6.11. The molecule has 1 saturated heterocycles. The highest BCUT2D eigenvalue weighted by molar-refractivity contribution is 7.99. The third-order valence-electron chi connectivity index (χ3n) is 4.84. The monoisotopic (exact) mass is 363 g/mol. The highest BCUT2D eigenvalue weighted by Crippen LogP contribution is 2.33. The molecule has 1 fully saturated rings. The largest absolute Gasteiger partial charge is 0.373 e. The molecule has 2 unspecified atom stereocenters. The van der Waals surface area contributed by atoms with E-state index >= 15 is 0 Å². The van der Waals surface area contributed by atoms with Crippen LogP contribution in [0.5, 0.6) is 0 Å². The summed E-state index contributed by atoms with van der Waals surface area (Å²) in [6.45, 7) is 9.20. The molecule has 2 atom stereocenters. The topological polar surface area (TPSA) is 45.7 Å². The third-order valence-corrected chi connectivity index (χ3v) is 6.09. The van der Waals surface area contributed by atoms with Gasteiger partial charge in [0.25, 0.3) is 0 Å². The van der Waals surface area contributed by atoms with E-state index in [-0.39, 0.29) is 10.9 Å². The molecule has 5 heteroatoms. The first kappa shape index (κ1) is 20.1. The summed E-state index contributed by atoms with van der Waals surface area (Å²) in [5, 5.41) is 6.94. The molecule has 1 heterocycles. The Kier molecular flexibility index (Phi) is 7.63. The fraction of sp³-hybridized carbons (Fsp3) is 0.650. The molecule has 1 aliphatic heterocycles. The van der Waals surface area contributed by atoms with Crippen LogP contribution in [0.4, 0.5) is 0 Å². The molecule has 0 bridgehead atoms. The lowest BCUT2D eigenvalue weighted by atomic mass is 9.89. The Balaban J connectivity index is 1.93. The van der Waals surface area contributed by atoms with Crippen LogP contribution in [0.15, 0.2) is 29.3 Å². The summed E-state index contributed by atoms with van der Waals surface area (Å²) in [6.07, 6.45) is 4.62. The summed E-state index contributed by atoms with van der Waals surface area (Å²) >= 11 is 1.86. The number of thioether (sulfide) groups is 1. The first-order chi connectivity index (χ1) is 11.9. The van der Waals surface area contributed by atoms with E-state index in [1.54, 1.807) is 0 Å². The Hall–Kier alpha value is -1.20. The first-order valence-corrected chi connectivity index (χ1v) is 10.4. The normalized spacial score (nSPS) is 21.9. The molecule has 2 N–H and O–H groups in total. The van der Waals surface area contributed by atoms with Gasteiger partial charge in [-0.05, 0) is 45.4 Å². The summed E-state index contributed by atoms with van der Waals surface area (Å²) in [5.74, 6) is 1.33. The van der Waals surface area contributed by atoms with Crippen LogP contribution in [0.3, 0.4) is 0 Å². The summed E-state index contributed by atoms with van der Waals surface area (Å²) in [4.78, 5) is 4.36. The summed E-state index contributed by atoms with van der Waals surface area (Å²) in [7, 11) is 1.83. The minimum absolute atomic E-state index is 0.169. The first-order valence-electron chi connectivity index (χ1n) is 9.13. The molecule has 1 aromatic carbocycles. The van der Waals surface area contributed by atoms with Gasteiger partial charge in [0.15, 0.2) is 5.96 Å². The fourth-order valence-electron chi connectivity index (χ4n) is 2.99. The number of benzene rings is 1. The van der Waals surface area contributed by atoms with E-state index in [2.05, 4.69) is 66.9 Å². The maximum Gasteiger partial charge on any atom is 0.191 e. The van der Waals surface area contributed by atoms with Crippen LogP contribution >= 0.6 is 11.8 Å². The van der Waals surface area contributed by atoms with E-state index in [9.17, 15) is 0 Å². The van der Waals surface area contributed by atoms with Gasteiger partial charge in [-0.15, -0.1) is 0 Å². The van der Waals surface area contributed by atoms with Crippen molar-refractivity contribution in [3.05, 3.63) is 35.4 Å². The number of aliphatic imine (C=N–C) groups is 1. The Morgan fingerprint density at radius 3 is 2.64 bits per heavy atom. The van der Waals surface area contributed by atoms with Crippen LogP contribution in [-0.2, 0) is 4.74 Å². The van der Waals surface area contributed by atoms with Crippen molar-refractivity contribution in [1.82, 2.24) is 10.6 Å². The zero-order chi connectivity index (χ0) is 18.3. The average Bonchev–Trinajstić information content (AvgIpc) is 2.63. The van der Waals surface area contributed by atoms with Crippen molar-refractivity contribution < 1.29 is 4.74 Å². The molecular weight excluding hydrogens is 330 g/mol. The van der Waals surface area contributed by atoms with E-state index in [1.807, 2.05) is 18.8 Å². The van der Waals surface area contributed by atoms with Gasteiger partial charge in [0.2, 0.25) is 0 Å². The van der Waals surface area contributed by atoms with Crippen molar-refractivity contribution in [1.29, 1.82) is 0 Å². The zero-order valence-corrected chi connectivity index (χ0v) is 17.1. The molecule has 0 spiro atoms. The van der Waals surface area contributed by atoms with Crippen molar-refractivity contribution in [3.63, 3.8) is 0 Å². The minimum atomic E-state index is 0.169. The van der Waals surface area contributed by atoms with Crippen LogP contribution in [0.1, 0.15) is 43.9 Å². The van der Waals surface area contributed by atoms with E-state index in [4.69, 9.17) is 4.74 Å². The molecule has 0 amide bonds. The second-order valence-corrected chi connectivity index (χ2v) is 8.89. The number of hydrogen-bond donors (Lipinski definition) is 2. The molecular formula is C20H33N3OS. The van der Waals surface area contributed by atoms with Gasteiger partial charge < -0.3 is 15.4 Å². The van der Waals surface area contributed by atoms with Crippen molar-refractivity contribution in [3.8, 4) is 0 Å². The quantitative estimate of drug-likeness (QED) is 0.596. The highest BCUT2D eigenvalue weighted by atomic mass is 32.2. The number of nitrogens with one attached hydrogen (secondary N) is 2. The molecule has 0 saturated carbocycles. The van der Waals surface area contributed by atoms with Crippen LogP contribution in [0, 0.1) is 12.8 Å². The van der Waals surface area contributed by atoms with Gasteiger partial charge in [-0.2, -0.15) is 11.8 Å². The smallest absolute Gasteiger partial charge is 0.191 e. The third kappa shape index (κ3) is 6.23. The Bertz CT molecular complexity index is 557. The van der Waals surface area contributed by atoms with Crippen molar-refractivity contribution >= 4 is 17.7 Å². The highest BCUT2D eigenvalue weighted by Gasteiger charge is 2.27. The Morgan fingerprint density at radius 1 is 1.28 bits per heavy atom. The number of ether oxygens (including phenoxy) is 1. The molecule has 1 aliphatic rings. The number of aryl methyl sites for hydroxylation is 1. The van der Waals surface area contributed by atoms with E-state index in [1.165, 1.54) is 17.5 Å². The molecule has 1 aromatic rings. The van der Waals surface area contributed by atoms with Gasteiger partial charge in [-0.25, -0.2) is 0 Å². The van der Waals surface area contributed by atoms with Gasteiger partial charge in [-0.3, -0.25) is 4.99 Å². The van der Waals surface area contributed by atoms with E-state index < -0.39 is 0 Å². The second kappa shape index (κ2) is 9.48. The molecule has 0 aliphatic carbocycles. The zero-order valence-electron chi connectivity index (χ0n) is 16.3. The van der Waals surface area contributed by atoms with Gasteiger partial charge >= 0.3 is 0 Å². The van der Waals surface area contributed by atoms with Crippen LogP contribution in [-0.4, -0.2) is 43.7 Å². The lowest BCUT2D eigenvalue weighted by Gasteiger charge is -2.33. The predicted octanol–water partition coefficient (Wildman–Crippen LogP) is 3.77. The van der Waals surface area contributed by atoms with E-state index in [0.717, 1.165) is 32.1 Å². The standard InChI is InChI=1S/C20H33N3OS/c1-15-8-10-16(11-9-15)18-17(7-6-12-24-18)13-22-19(21-4)23-14-20(2,3)25-5/h8-11,17-18H,6-7,12-14H2,1-5H3,(H2,21,22,23). The Morgan fingerprint density at radius 2 is 2.00 bits per heavy atom. The van der Waals surface area contributed by atoms with Gasteiger partial charge in [0, 0.05) is 37.4 Å². The van der Waals surface area contributed by atoms with Crippen molar-refractivity contribution in [2.45, 2.75) is 44.5 Å². The lowest BCUT2D eigenvalue weighted by molar-refractivity contribution is -0.0265. The molecule has 4 nitrogen and oxygen atoms in total. The Labute approximate surface area is 157 Å². The van der Waals surface area contributed by atoms with Gasteiger partial charge in [-0.1, -0.05) is 29.8 Å². The SMILES string of the molecule is CN=C(NCC1CCCOC1c1ccc(C)cc1)NCC(C)(C)SC. The molecule has 0 aromatic heterocycles. The minimum Gasteiger partial charge on any atom is -0.373 e. The fourth-order valence-corrected chi connectivity index (χ4v) is 3.21. The number of rotatable bonds is 6.